The Bertz CT molecular complexity index is 952. The summed E-state index contributed by atoms with van der Waals surface area (Å²) in [6, 6.07) is 13.8. The Labute approximate surface area is 143 Å². The van der Waals surface area contributed by atoms with Gasteiger partial charge in [-0.1, -0.05) is 23.4 Å². The highest BCUT2D eigenvalue weighted by Crippen LogP contribution is 2.33. The molecule has 0 saturated heterocycles. The molecule has 1 aromatic heterocycles. The van der Waals surface area contributed by atoms with Gasteiger partial charge in [0.05, 0.1) is 29.5 Å². The van der Waals surface area contributed by atoms with Crippen molar-refractivity contribution in [2.45, 2.75) is 13.0 Å². The zero-order valence-electron chi connectivity index (χ0n) is 13.5. The van der Waals surface area contributed by atoms with E-state index in [0.29, 0.717) is 16.9 Å². The van der Waals surface area contributed by atoms with Crippen LogP contribution in [0.3, 0.4) is 0 Å². The molecule has 7 heteroatoms. The van der Waals surface area contributed by atoms with Crippen molar-refractivity contribution in [2.24, 2.45) is 0 Å². The second kappa shape index (κ2) is 5.86. The van der Waals surface area contributed by atoms with Gasteiger partial charge in [0.1, 0.15) is 6.04 Å². The molecule has 25 heavy (non-hydrogen) atoms. The van der Waals surface area contributed by atoms with Gasteiger partial charge in [0.25, 0.3) is 5.91 Å². The monoisotopic (exact) mass is 333 g/mol. The van der Waals surface area contributed by atoms with Gasteiger partial charge >= 0.3 is 0 Å². The third-order valence-electron chi connectivity index (χ3n) is 4.19. The van der Waals surface area contributed by atoms with Gasteiger partial charge in [-0.2, -0.15) is 0 Å². The van der Waals surface area contributed by atoms with E-state index in [9.17, 15) is 9.59 Å². The number of aromatic nitrogens is 3. The molecule has 0 radical (unpaired) electrons. The molecule has 1 unspecified atom stereocenters. The second-order valence-electron chi connectivity index (χ2n) is 5.76. The number of anilines is 2. The fraction of sp³-hybridized carbons (Fsp3) is 0.111. The van der Waals surface area contributed by atoms with Gasteiger partial charge in [0.2, 0.25) is 5.91 Å². The fourth-order valence-corrected chi connectivity index (χ4v) is 2.90. The lowest BCUT2D eigenvalue weighted by Crippen LogP contribution is -2.49. The Kier molecular flexibility index (Phi) is 3.53. The number of fused-ring (bicyclic) bond motifs is 1. The standard InChI is InChI=1S/C18H15N5O2/c1-12-17(24)20-15-7-2-3-8-16(15)23(12)18(25)13-5-4-6-14(11-13)22-10-9-19-21-22/h2-12H,1H3,(H,20,24). The number of nitrogens with one attached hydrogen (secondary N) is 1. The highest BCUT2D eigenvalue weighted by Gasteiger charge is 2.34. The first-order valence-corrected chi connectivity index (χ1v) is 7.85. The Morgan fingerprint density at radius 3 is 2.80 bits per heavy atom. The largest absolute Gasteiger partial charge is 0.322 e. The SMILES string of the molecule is CC1C(=O)Nc2ccccc2N1C(=O)c1cccc(-n2ccnn2)c1. The van der Waals surface area contributed by atoms with Crippen molar-refractivity contribution in [3.05, 3.63) is 66.5 Å². The summed E-state index contributed by atoms with van der Waals surface area (Å²) in [7, 11) is 0. The van der Waals surface area contributed by atoms with Crippen molar-refractivity contribution < 1.29 is 9.59 Å². The summed E-state index contributed by atoms with van der Waals surface area (Å²) in [5.41, 5.74) is 2.52. The number of hydrogen-bond acceptors (Lipinski definition) is 4. The minimum atomic E-state index is -0.600. The van der Waals surface area contributed by atoms with E-state index in [2.05, 4.69) is 15.6 Å². The molecule has 124 valence electrons. The summed E-state index contributed by atoms with van der Waals surface area (Å²) >= 11 is 0. The number of amides is 2. The first-order valence-electron chi connectivity index (χ1n) is 7.85. The number of carbonyl (C=O) groups is 2. The number of carbonyl (C=O) groups excluding carboxylic acids is 2. The van der Waals surface area contributed by atoms with Crippen molar-refractivity contribution in [2.75, 3.05) is 10.2 Å². The maximum absolute atomic E-state index is 13.1. The average molecular weight is 333 g/mol. The summed E-state index contributed by atoms with van der Waals surface area (Å²) < 4.78 is 1.58. The normalized spacial score (nSPS) is 16.3. The molecule has 1 N–H and O–H groups in total. The van der Waals surface area contributed by atoms with Crippen molar-refractivity contribution in [3.63, 3.8) is 0 Å². The predicted molar refractivity (Wildman–Crippen MR) is 92.7 cm³/mol. The maximum Gasteiger partial charge on any atom is 0.259 e. The van der Waals surface area contributed by atoms with Gasteiger partial charge in [0, 0.05) is 5.56 Å². The Balaban J connectivity index is 1.76. The summed E-state index contributed by atoms with van der Waals surface area (Å²) in [5.74, 6) is -0.448. The lowest BCUT2D eigenvalue weighted by Gasteiger charge is -2.34. The topological polar surface area (TPSA) is 80.1 Å². The van der Waals surface area contributed by atoms with Crippen molar-refractivity contribution in [1.82, 2.24) is 15.0 Å². The smallest absolute Gasteiger partial charge is 0.259 e. The number of rotatable bonds is 2. The minimum Gasteiger partial charge on any atom is -0.322 e. The van der Waals surface area contributed by atoms with Crippen LogP contribution in [-0.4, -0.2) is 32.9 Å². The van der Waals surface area contributed by atoms with Crippen LogP contribution in [0.4, 0.5) is 11.4 Å². The Morgan fingerprint density at radius 2 is 2.00 bits per heavy atom. The highest BCUT2D eigenvalue weighted by molar-refractivity contribution is 6.16. The minimum absolute atomic E-state index is 0.209. The zero-order chi connectivity index (χ0) is 17.4. The van der Waals surface area contributed by atoms with Crippen molar-refractivity contribution >= 4 is 23.2 Å². The molecule has 4 rings (SSSR count). The van der Waals surface area contributed by atoms with Crippen LogP contribution >= 0.6 is 0 Å². The summed E-state index contributed by atoms with van der Waals surface area (Å²) in [5, 5.41) is 10.5. The van der Waals surface area contributed by atoms with E-state index >= 15 is 0 Å². The van der Waals surface area contributed by atoms with Gasteiger partial charge in [-0.15, -0.1) is 5.10 Å². The van der Waals surface area contributed by atoms with Gasteiger partial charge in [-0.05, 0) is 37.3 Å². The molecule has 1 atom stereocenters. The molecule has 0 saturated carbocycles. The fourth-order valence-electron chi connectivity index (χ4n) is 2.90. The molecule has 2 heterocycles. The maximum atomic E-state index is 13.1. The first kappa shape index (κ1) is 15.1. The summed E-state index contributed by atoms with van der Waals surface area (Å²) in [6.07, 6.45) is 3.28. The molecule has 2 aromatic carbocycles. The molecule has 0 aliphatic carbocycles. The number of nitrogens with zero attached hydrogens (tertiary/aromatic N) is 4. The molecule has 0 fully saturated rings. The predicted octanol–water partition coefficient (Wildman–Crippen LogP) is 2.25. The first-order chi connectivity index (χ1) is 12.1. The lowest BCUT2D eigenvalue weighted by molar-refractivity contribution is -0.117. The second-order valence-corrected chi connectivity index (χ2v) is 5.76. The third-order valence-corrected chi connectivity index (χ3v) is 4.19. The van der Waals surface area contributed by atoms with Gasteiger partial charge in [-0.25, -0.2) is 4.68 Å². The van der Waals surface area contributed by atoms with Crippen molar-refractivity contribution in [3.8, 4) is 5.69 Å². The molecule has 0 spiro atoms. The van der Waals surface area contributed by atoms with Crippen LogP contribution in [0.1, 0.15) is 17.3 Å². The molecule has 7 nitrogen and oxygen atoms in total. The van der Waals surface area contributed by atoms with Crippen LogP contribution < -0.4 is 10.2 Å². The van der Waals surface area contributed by atoms with Crippen LogP contribution in [0.5, 0.6) is 0 Å². The molecule has 0 bridgehead atoms. The van der Waals surface area contributed by atoms with E-state index in [4.69, 9.17) is 0 Å². The molecular formula is C18H15N5O2. The van der Waals surface area contributed by atoms with Gasteiger partial charge in [-0.3, -0.25) is 14.5 Å². The Morgan fingerprint density at radius 1 is 1.16 bits per heavy atom. The number of hydrogen-bond donors (Lipinski definition) is 1. The van der Waals surface area contributed by atoms with E-state index < -0.39 is 6.04 Å². The highest BCUT2D eigenvalue weighted by atomic mass is 16.2. The molecule has 1 aliphatic rings. The Hall–Kier alpha value is -3.48. The number of para-hydroxylation sites is 2. The lowest BCUT2D eigenvalue weighted by atomic mass is 10.1. The quantitative estimate of drug-likeness (QED) is 0.780. The molecule has 1 aliphatic heterocycles. The summed E-state index contributed by atoms with van der Waals surface area (Å²) in [4.78, 5) is 26.9. The average Bonchev–Trinajstić information content (AvgIpc) is 3.17. The molecule has 3 aromatic rings. The van der Waals surface area contributed by atoms with Crippen LogP contribution in [0, 0.1) is 0 Å². The van der Waals surface area contributed by atoms with Crippen molar-refractivity contribution in [1.29, 1.82) is 0 Å². The molecular weight excluding hydrogens is 318 g/mol. The third kappa shape index (κ3) is 2.55. The van der Waals surface area contributed by atoms with E-state index in [-0.39, 0.29) is 11.8 Å². The van der Waals surface area contributed by atoms with Crippen LogP contribution in [0.25, 0.3) is 5.69 Å². The molecule has 2 amide bonds. The zero-order valence-corrected chi connectivity index (χ0v) is 13.5. The van der Waals surface area contributed by atoms with Gasteiger partial charge in [0.15, 0.2) is 0 Å². The van der Waals surface area contributed by atoms with Crippen LogP contribution in [0.2, 0.25) is 0 Å². The van der Waals surface area contributed by atoms with E-state index in [1.165, 1.54) is 4.90 Å². The van der Waals surface area contributed by atoms with Gasteiger partial charge < -0.3 is 5.32 Å². The van der Waals surface area contributed by atoms with E-state index in [1.807, 2.05) is 24.3 Å². The van der Waals surface area contributed by atoms with Crippen LogP contribution in [0.15, 0.2) is 60.9 Å². The number of benzene rings is 2. The van der Waals surface area contributed by atoms with Crippen LogP contribution in [-0.2, 0) is 4.79 Å². The summed E-state index contributed by atoms with van der Waals surface area (Å²) in [6.45, 7) is 1.71. The van der Waals surface area contributed by atoms with E-state index in [0.717, 1.165) is 5.69 Å². The van der Waals surface area contributed by atoms with E-state index in [1.54, 1.807) is 48.3 Å².